The van der Waals surface area contributed by atoms with E-state index in [1.165, 1.54) is 11.1 Å². The van der Waals surface area contributed by atoms with Gasteiger partial charge in [-0.25, -0.2) is 4.98 Å². The average Bonchev–Trinajstić information content (AvgIpc) is 3.49. The number of rotatable bonds is 3. The van der Waals surface area contributed by atoms with Crippen LogP contribution >= 0.6 is 0 Å². The van der Waals surface area contributed by atoms with Crippen LogP contribution in [0, 0.1) is 0 Å². The second-order valence-corrected chi connectivity index (χ2v) is 8.88. The summed E-state index contributed by atoms with van der Waals surface area (Å²) in [6.45, 7) is 6.30. The normalized spacial score (nSPS) is 22.2. The van der Waals surface area contributed by atoms with Gasteiger partial charge >= 0.3 is 0 Å². The first-order valence-corrected chi connectivity index (χ1v) is 11.0. The first kappa shape index (κ1) is 18.7. The predicted octanol–water partition coefficient (Wildman–Crippen LogP) is 3.36. The molecule has 3 aromatic heterocycles. The molecule has 7 heteroatoms. The Morgan fingerprint density at radius 3 is 2.84 bits per heavy atom. The summed E-state index contributed by atoms with van der Waals surface area (Å²) < 4.78 is 7.98. The average molecular weight is 415 g/mol. The van der Waals surface area contributed by atoms with E-state index in [9.17, 15) is 0 Å². The number of pyridine rings is 2. The first-order chi connectivity index (χ1) is 15.1. The summed E-state index contributed by atoms with van der Waals surface area (Å²) >= 11 is 0. The van der Waals surface area contributed by atoms with Crippen LogP contribution in [0.4, 0.5) is 0 Å². The maximum atomic E-state index is 6.12. The van der Waals surface area contributed by atoms with Crippen molar-refractivity contribution >= 4 is 16.6 Å². The molecule has 1 fully saturated rings. The van der Waals surface area contributed by atoms with Gasteiger partial charge in [0.05, 0.1) is 5.52 Å². The van der Waals surface area contributed by atoms with Gasteiger partial charge in [-0.1, -0.05) is 12.1 Å². The number of nitrogens with zero attached hydrogens (tertiary/aromatic N) is 5. The zero-order valence-corrected chi connectivity index (χ0v) is 17.8. The Bertz CT molecular complexity index is 1300. The van der Waals surface area contributed by atoms with Gasteiger partial charge in [-0.3, -0.25) is 9.30 Å². The fourth-order valence-corrected chi connectivity index (χ4v) is 4.91. The van der Waals surface area contributed by atoms with Crippen molar-refractivity contribution in [2.24, 2.45) is 5.73 Å². The number of hydrogen-bond donors (Lipinski definition) is 1. The van der Waals surface area contributed by atoms with E-state index in [4.69, 9.17) is 15.5 Å². The Balaban J connectivity index is 1.43. The van der Waals surface area contributed by atoms with Crippen LogP contribution in [-0.4, -0.2) is 49.7 Å². The summed E-state index contributed by atoms with van der Waals surface area (Å²) in [5.74, 6) is 1.70. The molecule has 6 rings (SSSR count). The molecular weight excluding hydrogens is 388 g/mol. The van der Waals surface area contributed by atoms with Crippen molar-refractivity contribution in [1.29, 1.82) is 0 Å². The fraction of sp³-hybridized carbons (Fsp3) is 0.375. The van der Waals surface area contributed by atoms with Gasteiger partial charge in [0.25, 0.3) is 0 Å². The minimum Gasteiger partial charge on any atom is -0.490 e. The zero-order chi connectivity index (χ0) is 21.1. The molecule has 7 nitrogen and oxygen atoms in total. The molecule has 0 spiro atoms. The molecule has 5 heterocycles. The molecule has 31 heavy (non-hydrogen) atoms. The molecule has 1 unspecified atom stereocenters. The highest BCUT2D eigenvalue weighted by atomic mass is 16.5. The summed E-state index contributed by atoms with van der Waals surface area (Å²) in [7, 11) is 0. The van der Waals surface area contributed by atoms with Crippen LogP contribution in [0.15, 0.2) is 42.6 Å². The van der Waals surface area contributed by atoms with Gasteiger partial charge in [0.15, 0.2) is 11.5 Å². The number of nitrogens with two attached hydrogens (primary N) is 1. The highest BCUT2D eigenvalue weighted by Gasteiger charge is 2.25. The summed E-state index contributed by atoms with van der Waals surface area (Å²) in [6, 6.07) is 13.0. The smallest absolute Gasteiger partial charge is 0.187 e. The van der Waals surface area contributed by atoms with Crippen molar-refractivity contribution in [3.8, 4) is 17.3 Å². The molecule has 1 aromatic carbocycles. The van der Waals surface area contributed by atoms with Crippen LogP contribution in [0.25, 0.3) is 28.1 Å². The molecule has 0 radical (unpaired) electrons. The third-order valence-electron chi connectivity index (χ3n) is 6.68. The minimum absolute atomic E-state index is 0.183. The third kappa shape index (κ3) is 3.07. The lowest BCUT2D eigenvalue weighted by Crippen LogP contribution is -2.28. The van der Waals surface area contributed by atoms with Crippen LogP contribution in [0.5, 0.6) is 5.75 Å². The number of likely N-dealkylation sites (tertiary alicyclic amines) is 1. The van der Waals surface area contributed by atoms with Crippen molar-refractivity contribution in [2.75, 3.05) is 13.1 Å². The van der Waals surface area contributed by atoms with E-state index in [0.29, 0.717) is 6.04 Å². The van der Waals surface area contributed by atoms with E-state index in [0.717, 1.165) is 59.7 Å². The topological polar surface area (TPSA) is 81.6 Å². The van der Waals surface area contributed by atoms with E-state index < -0.39 is 0 Å². The molecule has 0 amide bonds. The molecule has 158 valence electrons. The molecule has 0 saturated carbocycles. The van der Waals surface area contributed by atoms with Gasteiger partial charge in [0.2, 0.25) is 0 Å². The molecule has 2 aliphatic heterocycles. The second kappa shape index (κ2) is 7.00. The maximum absolute atomic E-state index is 6.12. The van der Waals surface area contributed by atoms with Crippen LogP contribution in [0.3, 0.4) is 0 Å². The Morgan fingerprint density at radius 1 is 1.13 bits per heavy atom. The number of fused-ring (bicyclic) bond motifs is 4. The van der Waals surface area contributed by atoms with Gasteiger partial charge in [-0.05, 0) is 50.1 Å². The lowest BCUT2D eigenvalue weighted by Gasteiger charge is -2.24. The number of benzene rings is 1. The Labute approximate surface area is 180 Å². The highest BCUT2D eigenvalue weighted by Crippen LogP contribution is 2.35. The molecule has 2 aliphatic rings. The Kier molecular flexibility index (Phi) is 4.23. The lowest BCUT2D eigenvalue weighted by atomic mass is 10.1. The number of ether oxygens (including phenoxy) is 1. The van der Waals surface area contributed by atoms with Gasteiger partial charge < -0.3 is 10.5 Å². The van der Waals surface area contributed by atoms with Crippen LogP contribution < -0.4 is 10.5 Å². The van der Waals surface area contributed by atoms with Gasteiger partial charge in [0.1, 0.15) is 17.5 Å². The molecule has 2 N–H and O–H groups in total. The first-order valence-electron chi connectivity index (χ1n) is 11.0. The van der Waals surface area contributed by atoms with Crippen molar-refractivity contribution in [2.45, 2.75) is 44.9 Å². The molecule has 3 atom stereocenters. The Morgan fingerprint density at radius 2 is 2.00 bits per heavy atom. The van der Waals surface area contributed by atoms with Gasteiger partial charge in [-0.2, -0.15) is 0 Å². The van der Waals surface area contributed by atoms with Crippen molar-refractivity contribution in [1.82, 2.24) is 24.5 Å². The summed E-state index contributed by atoms with van der Waals surface area (Å²) in [6.07, 6.45) is 4.26. The van der Waals surface area contributed by atoms with Crippen molar-refractivity contribution in [3.05, 3.63) is 53.7 Å². The monoisotopic (exact) mass is 414 g/mol. The molecule has 0 aliphatic carbocycles. The second-order valence-electron chi connectivity index (χ2n) is 8.88. The van der Waals surface area contributed by atoms with Crippen LogP contribution in [-0.2, 0) is 6.42 Å². The maximum Gasteiger partial charge on any atom is 0.187 e. The Hall–Kier alpha value is -3.03. The van der Waals surface area contributed by atoms with E-state index in [2.05, 4.69) is 57.7 Å². The SMILES string of the molecule is CC1Cc2c(ccc3ccc(-c4nnc5ccc([C@H](C)N6CC[C@H](N)C6)cn45)nc23)O1. The van der Waals surface area contributed by atoms with Crippen molar-refractivity contribution < 1.29 is 4.74 Å². The minimum atomic E-state index is 0.183. The van der Waals surface area contributed by atoms with E-state index in [1.54, 1.807) is 0 Å². The molecule has 0 bridgehead atoms. The number of aromatic nitrogens is 4. The third-order valence-corrected chi connectivity index (χ3v) is 6.68. The standard InChI is InChI=1S/C24H26N6O/c1-14-11-19-21(31-14)7-4-16-3-6-20(26-23(16)19)24-28-27-22-8-5-17(12-30(22)24)15(2)29-10-9-18(25)13-29/h3-8,12,14-15,18H,9-11,13,25H2,1-2H3/t14?,15-,18-/m0/s1. The quantitative estimate of drug-likeness (QED) is 0.554. The zero-order valence-electron chi connectivity index (χ0n) is 17.8. The summed E-state index contributed by atoms with van der Waals surface area (Å²) in [5.41, 5.74) is 11.2. The van der Waals surface area contributed by atoms with Crippen LogP contribution in [0.2, 0.25) is 0 Å². The fourth-order valence-electron chi connectivity index (χ4n) is 4.91. The molecule has 1 saturated heterocycles. The van der Waals surface area contributed by atoms with Crippen LogP contribution in [0.1, 0.15) is 37.4 Å². The highest BCUT2D eigenvalue weighted by molar-refractivity contribution is 5.86. The molecule has 4 aromatic rings. The summed E-state index contributed by atoms with van der Waals surface area (Å²) in [4.78, 5) is 7.44. The predicted molar refractivity (Wildman–Crippen MR) is 120 cm³/mol. The lowest BCUT2D eigenvalue weighted by molar-refractivity contribution is 0.254. The van der Waals surface area contributed by atoms with Gasteiger partial charge in [-0.15, -0.1) is 10.2 Å². The van der Waals surface area contributed by atoms with Crippen molar-refractivity contribution in [3.63, 3.8) is 0 Å². The van der Waals surface area contributed by atoms with E-state index in [1.807, 2.05) is 18.2 Å². The van der Waals surface area contributed by atoms with Gasteiger partial charge in [0, 0.05) is 48.7 Å². The van der Waals surface area contributed by atoms with E-state index in [-0.39, 0.29) is 12.1 Å². The summed E-state index contributed by atoms with van der Waals surface area (Å²) in [5, 5.41) is 9.98. The number of hydrogen-bond acceptors (Lipinski definition) is 6. The molecular formula is C24H26N6O. The largest absolute Gasteiger partial charge is 0.490 e. The van der Waals surface area contributed by atoms with E-state index >= 15 is 0 Å².